The van der Waals surface area contributed by atoms with Crippen LogP contribution in [0.1, 0.15) is 18.4 Å². The Morgan fingerprint density at radius 3 is 2.74 bits per heavy atom. The molecule has 0 aliphatic carbocycles. The van der Waals surface area contributed by atoms with Gasteiger partial charge in [-0.2, -0.15) is 5.26 Å². The first-order valence-corrected chi connectivity index (χ1v) is 8.66. The summed E-state index contributed by atoms with van der Waals surface area (Å²) in [5, 5.41) is 30.3. The van der Waals surface area contributed by atoms with Crippen molar-refractivity contribution in [2.24, 2.45) is 0 Å². The highest BCUT2D eigenvalue weighted by molar-refractivity contribution is 6.43. The third kappa shape index (κ3) is 6.13. The fourth-order valence-corrected chi connectivity index (χ4v) is 2.89. The predicted molar refractivity (Wildman–Crippen MR) is 98.1 cm³/mol. The number of hydrogen-bond donors (Lipinski definition) is 3. The molecule has 2 rings (SSSR count). The molecule has 142 valence electrons. The average molecular weight is 371 g/mol. The van der Waals surface area contributed by atoms with Gasteiger partial charge in [-0.1, -0.05) is 36.9 Å². The molecule has 0 spiro atoms. The van der Waals surface area contributed by atoms with E-state index in [1.54, 1.807) is 6.07 Å². The van der Waals surface area contributed by atoms with Gasteiger partial charge in [0.2, 0.25) is 0 Å². The van der Waals surface area contributed by atoms with E-state index in [0.29, 0.717) is 19.4 Å². The second-order valence-corrected chi connectivity index (χ2v) is 6.37. The molecule has 27 heavy (non-hydrogen) atoms. The Hall–Kier alpha value is -2.83. The molecule has 1 aromatic carbocycles. The van der Waals surface area contributed by atoms with Gasteiger partial charge in [-0.15, -0.1) is 0 Å². The van der Waals surface area contributed by atoms with Crippen LogP contribution >= 0.6 is 0 Å². The van der Waals surface area contributed by atoms with E-state index in [-0.39, 0.29) is 18.5 Å². The number of carbonyl (C=O) groups excluding carboxylic acids is 2. The number of carbonyl (C=O) groups is 2. The topological polar surface area (TPSA) is 123 Å². The lowest BCUT2D eigenvalue weighted by molar-refractivity contribution is -0.129. The third-order valence-corrected chi connectivity index (χ3v) is 4.29. The lowest BCUT2D eigenvalue weighted by Crippen LogP contribution is -2.50. The third-order valence-electron chi connectivity index (χ3n) is 4.29. The molecule has 1 aliphatic heterocycles. The lowest BCUT2D eigenvalue weighted by Gasteiger charge is -2.32. The number of nitriles is 1. The molecule has 1 fully saturated rings. The van der Waals surface area contributed by atoms with Gasteiger partial charge in [0.15, 0.2) is 0 Å². The molecule has 0 bridgehead atoms. The smallest absolute Gasteiger partial charge is 0.444 e. The number of ether oxygens (including phenoxy) is 1. The quantitative estimate of drug-likeness (QED) is 0.378. The summed E-state index contributed by atoms with van der Waals surface area (Å²) in [5.74, 6) is -1.40. The summed E-state index contributed by atoms with van der Waals surface area (Å²) < 4.78 is 5.32. The Morgan fingerprint density at radius 2 is 2.11 bits per heavy atom. The Labute approximate surface area is 158 Å². The molecule has 3 N–H and O–H groups in total. The first kappa shape index (κ1) is 20.5. The van der Waals surface area contributed by atoms with Crippen LogP contribution in [0.4, 0.5) is 4.79 Å². The van der Waals surface area contributed by atoms with Gasteiger partial charge in [0.25, 0.3) is 5.91 Å². The molecule has 8 nitrogen and oxygen atoms in total. The molecule has 0 unspecified atom stereocenters. The van der Waals surface area contributed by atoms with Crippen molar-refractivity contribution in [1.29, 1.82) is 5.26 Å². The number of nitrogens with zero attached hydrogens (tertiary/aromatic N) is 2. The van der Waals surface area contributed by atoms with E-state index in [4.69, 9.17) is 10.00 Å². The zero-order chi connectivity index (χ0) is 19.8. The molecule has 1 saturated heterocycles. The highest BCUT2D eigenvalue weighted by Crippen LogP contribution is 2.15. The highest BCUT2D eigenvalue weighted by Gasteiger charge is 2.30. The fraction of sp³-hybridized carbons (Fsp3) is 0.389. The second kappa shape index (κ2) is 9.76. The summed E-state index contributed by atoms with van der Waals surface area (Å²) >= 11 is 0. The Bertz CT molecular complexity index is 719. The van der Waals surface area contributed by atoms with Gasteiger partial charge < -0.3 is 25.0 Å². The van der Waals surface area contributed by atoms with Gasteiger partial charge in [-0.25, -0.2) is 4.79 Å². The van der Waals surface area contributed by atoms with Crippen LogP contribution < -0.4 is 5.32 Å². The number of nitrogens with one attached hydrogen (secondary N) is 1. The first-order chi connectivity index (χ1) is 12.9. The van der Waals surface area contributed by atoms with Crippen molar-refractivity contribution in [3.05, 3.63) is 48.0 Å². The fourth-order valence-electron chi connectivity index (χ4n) is 2.89. The summed E-state index contributed by atoms with van der Waals surface area (Å²) in [7, 11) is -1.75. The Kier molecular flexibility index (Phi) is 7.40. The van der Waals surface area contributed by atoms with Crippen molar-refractivity contribution in [3.8, 4) is 6.07 Å². The van der Waals surface area contributed by atoms with Gasteiger partial charge in [0.05, 0.1) is 12.5 Å². The second-order valence-electron chi connectivity index (χ2n) is 6.37. The van der Waals surface area contributed by atoms with Crippen molar-refractivity contribution >= 4 is 19.1 Å². The van der Waals surface area contributed by atoms with Crippen LogP contribution in [-0.4, -0.2) is 59.2 Å². The zero-order valence-electron chi connectivity index (χ0n) is 14.9. The summed E-state index contributed by atoms with van der Waals surface area (Å²) in [6, 6.07) is 10.8. The van der Waals surface area contributed by atoms with Crippen LogP contribution in [0.15, 0.2) is 42.5 Å². The monoisotopic (exact) mass is 371 g/mol. The molecular weight excluding hydrogens is 349 g/mol. The minimum Gasteiger partial charge on any atom is -0.444 e. The number of hydrogen-bond acceptors (Lipinski definition) is 6. The van der Waals surface area contributed by atoms with E-state index >= 15 is 0 Å². The van der Waals surface area contributed by atoms with Crippen LogP contribution in [-0.2, 0) is 16.0 Å². The molecule has 0 saturated carbocycles. The lowest BCUT2D eigenvalue weighted by atomic mass is 9.76. The van der Waals surface area contributed by atoms with Gasteiger partial charge in [0.1, 0.15) is 17.7 Å². The van der Waals surface area contributed by atoms with Gasteiger partial charge in [-0.3, -0.25) is 4.79 Å². The van der Waals surface area contributed by atoms with Crippen molar-refractivity contribution in [2.75, 3.05) is 13.1 Å². The maximum atomic E-state index is 12.2. The number of piperidine rings is 1. The Morgan fingerprint density at radius 1 is 1.41 bits per heavy atom. The number of likely N-dealkylation sites (tertiary alicyclic amines) is 1. The van der Waals surface area contributed by atoms with Crippen LogP contribution in [0.2, 0.25) is 0 Å². The molecule has 1 aliphatic rings. The van der Waals surface area contributed by atoms with E-state index in [1.807, 2.05) is 30.3 Å². The van der Waals surface area contributed by atoms with Crippen LogP contribution in [0.5, 0.6) is 0 Å². The van der Waals surface area contributed by atoms with Crippen LogP contribution in [0, 0.1) is 11.3 Å². The number of benzene rings is 1. The van der Waals surface area contributed by atoms with Gasteiger partial charge in [0, 0.05) is 6.54 Å². The van der Waals surface area contributed by atoms with Gasteiger partial charge in [-0.05, 0) is 24.8 Å². The van der Waals surface area contributed by atoms with Crippen LogP contribution in [0.3, 0.4) is 0 Å². The standard InChI is InChI=1S/C18H22BN3O5/c1-13(11-20)17(23)22-9-5-8-15(12-22)27-18(24)21-16(19(25)26)10-14-6-3-2-4-7-14/h2-4,6-7,15-16,25-26H,1,5,8-10,12H2,(H,21,24)/t15-,16-/m0/s1. The summed E-state index contributed by atoms with van der Waals surface area (Å²) in [6.45, 7) is 4.03. The Balaban J connectivity index is 1.90. The molecule has 0 radical (unpaired) electrons. The summed E-state index contributed by atoms with van der Waals surface area (Å²) in [5.41, 5.74) is 0.673. The minimum atomic E-state index is -1.75. The van der Waals surface area contributed by atoms with E-state index < -0.39 is 31.2 Å². The van der Waals surface area contributed by atoms with E-state index in [2.05, 4.69) is 11.9 Å². The normalized spacial score (nSPS) is 17.4. The largest absolute Gasteiger partial charge is 0.475 e. The van der Waals surface area contributed by atoms with E-state index in [9.17, 15) is 19.6 Å². The van der Waals surface area contributed by atoms with Crippen molar-refractivity contribution in [2.45, 2.75) is 31.3 Å². The number of rotatable bonds is 6. The average Bonchev–Trinajstić information content (AvgIpc) is 2.67. The van der Waals surface area contributed by atoms with Crippen molar-refractivity contribution in [3.63, 3.8) is 0 Å². The molecule has 2 atom stereocenters. The molecule has 9 heteroatoms. The predicted octanol–water partition coefficient (Wildman–Crippen LogP) is 0.407. The van der Waals surface area contributed by atoms with Crippen molar-refractivity contribution < 1.29 is 24.4 Å². The first-order valence-electron chi connectivity index (χ1n) is 8.66. The minimum absolute atomic E-state index is 0.161. The van der Waals surface area contributed by atoms with Crippen LogP contribution in [0.25, 0.3) is 0 Å². The summed E-state index contributed by atoms with van der Waals surface area (Å²) in [4.78, 5) is 25.6. The number of amides is 2. The SMILES string of the molecule is C=C(C#N)C(=O)N1CCC[C@H](OC(=O)N[C@@H](Cc2ccccc2)B(O)O)C1. The molecular formula is C18H22BN3O5. The number of alkyl carbamates (subject to hydrolysis) is 1. The molecule has 0 aromatic heterocycles. The van der Waals surface area contributed by atoms with E-state index in [0.717, 1.165) is 5.56 Å². The highest BCUT2D eigenvalue weighted by atomic mass is 16.6. The summed E-state index contributed by atoms with van der Waals surface area (Å²) in [6.07, 6.45) is 0.0924. The molecule has 1 aromatic rings. The zero-order valence-corrected chi connectivity index (χ0v) is 14.9. The van der Waals surface area contributed by atoms with E-state index in [1.165, 1.54) is 4.90 Å². The maximum absolute atomic E-state index is 12.2. The van der Waals surface area contributed by atoms with Gasteiger partial charge >= 0.3 is 13.2 Å². The van der Waals surface area contributed by atoms with Crippen molar-refractivity contribution in [1.82, 2.24) is 10.2 Å². The molecule has 1 heterocycles. The molecule has 2 amide bonds. The maximum Gasteiger partial charge on any atom is 0.475 e.